The summed E-state index contributed by atoms with van der Waals surface area (Å²) in [6, 6.07) is 4.57. The Morgan fingerprint density at radius 2 is 2.14 bits per heavy atom. The Kier molecular flexibility index (Phi) is 5.08. The predicted molar refractivity (Wildman–Crippen MR) is 87.3 cm³/mol. The van der Waals surface area contributed by atoms with Crippen LogP contribution in [-0.4, -0.2) is 46.9 Å². The summed E-state index contributed by atoms with van der Waals surface area (Å²) in [4.78, 5) is 20.7. The lowest BCUT2D eigenvalue weighted by Gasteiger charge is -2.44. The molecule has 1 saturated heterocycles. The molecule has 22 heavy (non-hydrogen) atoms. The minimum Gasteiger partial charge on any atom is -0.339 e. The molecule has 2 aliphatic rings. The second-order valence-corrected chi connectivity index (χ2v) is 6.92. The van der Waals surface area contributed by atoms with E-state index in [4.69, 9.17) is 0 Å². The molecule has 2 fully saturated rings. The van der Waals surface area contributed by atoms with E-state index in [-0.39, 0.29) is 0 Å². The minimum absolute atomic E-state index is 0.359. The molecule has 1 saturated carbocycles. The van der Waals surface area contributed by atoms with E-state index >= 15 is 0 Å². The quantitative estimate of drug-likeness (QED) is 0.810. The molecule has 4 nitrogen and oxygen atoms in total. The van der Waals surface area contributed by atoms with Crippen molar-refractivity contribution < 1.29 is 4.79 Å². The molecule has 1 aromatic rings. The number of nitrogens with zero attached hydrogens (tertiary/aromatic N) is 3. The normalized spacial score (nSPS) is 19.6. The van der Waals surface area contributed by atoms with Crippen LogP contribution in [0.4, 0.5) is 0 Å². The van der Waals surface area contributed by atoms with Gasteiger partial charge in [-0.3, -0.25) is 14.7 Å². The van der Waals surface area contributed by atoms with Crippen molar-refractivity contribution in [3.8, 4) is 0 Å². The van der Waals surface area contributed by atoms with Crippen molar-refractivity contribution in [2.75, 3.05) is 20.1 Å². The van der Waals surface area contributed by atoms with Gasteiger partial charge in [0.05, 0.1) is 0 Å². The third-order valence-electron chi connectivity index (χ3n) is 5.23. The van der Waals surface area contributed by atoms with E-state index in [1.165, 1.54) is 31.2 Å². The van der Waals surface area contributed by atoms with Crippen LogP contribution in [-0.2, 0) is 11.3 Å². The van der Waals surface area contributed by atoms with Gasteiger partial charge in [0.25, 0.3) is 0 Å². The Morgan fingerprint density at radius 3 is 2.82 bits per heavy atom. The van der Waals surface area contributed by atoms with Crippen LogP contribution in [0.1, 0.15) is 44.1 Å². The molecule has 1 aromatic heterocycles. The Hall–Kier alpha value is -1.42. The second-order valence-electron chi connectivity index (χ2n) is 6.92. The fourth-order valence-electron chi connectivity index (χ4n) is 3.63. The summed E-state index contributed by atoms with van der Waals surface area (Å²) in [5.74, 6) is 1.17. The summed E-state index contributed by atoms with van der Waals surface area (Å²) >= 11 is 0. The number of carbonyl (C=O) groups excluding carboxylic acids is 1. The first-order valence-electron chi connectivity index (χ1n) is 8.59. The summed E-state index contributed by atoms with van der Waals surface area (Å²) in [5.41, 5.74) is 1.23. The highest BCUT2D eigenvalue weighted by molar-refractivity contribution is 5.77. The first kappa shape index (κ1) is 15.5. The van der Waals surface area contributed by atoms with Gasteiger partial charge in [0.2, 0.25) is 5.91 Å². The first-order chi connectivity index (χ1) is 10.7. The number of rotatable bonds is 6. The molecule has 1 aliphatic carbocycles. The SMILES string of the molecule is CN(Cc1cccnc1)C1CN(C(=O)CCC2CCCC2)C1. The zero-order chi connectivity index (χ0) is 15.4. The second kappa shape index (κ2) is 7.23. The summed E-state index contributed by atoms with van der Waals surface area (Å²) in [7, 11) is 2.14. The van der Waals surface area contributed by atoms with Crippen molar-refractivity contribution in [3.63, 3.8) is 0 Å². The van der Waals surface area contributed by atoms with Crippen LogP contribution in [0.2, 0.25) is 0 Å². The van der Waals surface area contributed by atoms with Crippen LogP contribution in [0, 0.1) is 5.92 Å². The van der Waals surface area contributed by atoms with Crippen LogP contribution >= 0.6 is 0 Å². The molecule has 1 aliphatic heterocycles. The molecule has 2 heterocycles. The van der Waals surface area contributed by atoms with Crippen LogP contribution in [0.5, 0.6) is 0 Å². The number of likely N-dealkylation sites (tertiary alicyclic amines) is 1. The molecule has 0 N–H and O–H groups in total. The zero-order valence-corrected chi connectivity index (χ0v) is 13.6. The average Bonchev–Trinajstić information content (AvgIpc) is 2.98. The summed E-state index contributed by atoms with van der Waals surface area (Å²) in [6.45, 7) is 2.68. The first-order valence-corrected chi connectivity index (χ1v) is 8.59. The van der Waals surface area contributed by atoms with Crippen molar-refractivity contribution in [1.29, 1.82) is 0 Å². The Balaban J connectivity index is 1.36. The Labute approximate surface area is 133 Å². The van der Waals surface area contributed by atoms with E-state index in [1.807, 2.05) is 17.2 Å². The standard InChI is InChI=1S/C18H27N3O/c1-20(12-16-7-4-10-19-11-16)17-13-21(14-17)18(22)9-8-15-5-2-3-6-15/h4,7,10-11,15,17H,2-3,5-6,8-9,12-14H2,1H3. The van der Waals surface area contributed by atoms with Gasteiger partial charge >= 0.3 is 0 Å². The Morgan fingerprint density at radius 1 is 1.36 bits per heavy atom. The van der Waals surface area contributed by atoms with Gasteiger partial charge in [-0.05, 0) is 31.0 Å². The zero-order valence-electron chi connectivity index (χ0n) is 13.6. The summed E-state index contributed by atoms with van der Waals surface area (Å²) < 4.78 is 0. The number of likely N-dealkylation sites (N-methyl/N-ethyl adjacent to an activating group) is 1. The van der Waals surface area contributed by atoms with E-state index in [0.717, 1.165) is 38.4 Å². The van der Waals surface area contributed by atoms with Crippen LogP contribution in [0.15, 0.2) is 24.5 Å². The summed E-state index contributed by atoms with van der Waals surface area (Å²) in [6.07, 6.45) is 11.0. The maximum atomic E-state index is 12.2. The molecule has 4 heteroatoms. The smallest absolute Gasteiger partial charge is 0.222 e. The number of aromatic nitrogens is 1. The maximum Gasteiger partial charge on any atom is 0.222 e. The van der Waals surface area contributed by atoms with Crippen LogP contribution in [0.3, 0.4) is 0 Å². The van der Waals surface area contributed by atoms with E-state index < -0.39 is 0 Å². The highest BCUT2D eigenvalue weighted by Gasteiger charge is 2.33. The van der Waals surface area contributed by atoms with Gasteiger partial charge in [-0.25, -0.2) is 0 Å². The maximum absolute atomic E-state index is 12.2. The predicted octanol–water partition coefficient (Wildman–Crippen LogP) is 2.69. The third kappa shape index (κ3) is 3.86. The number of carbonyl (C=O) groups is 1. The van der Waals surface area contributed by atoms with Gasteiger partial charge < -0.3 is 4.90 Å². The molecule has 3 rings (SSSR count). The van der Waals surface area contributed by atoms with Crippen molar-refractivity contribution in [3.05, 3.63) is 30.1 Å². The minimum atomic E-state index is 0.359. The van der Waals surface area contributed by atoms with Crippen molar-refractivity contribution >= 4 is 5.91 Å². The molecule has 120 valence electrons. The monoisotopic (exact) mass is 301 g/mol. The van der Waals surface area contributed by atoms with Crippen LogP contribution < -0.4 is 0 Å². The van der Waals surface area contributed by atoms with Gasteiger partial charge in [-0.1, -0.05) is 31.7 Å². The lowest BCUT2D eigenvalue weighted by Crippen LogP contribution is -2.59. The van der Waals surface area contributed by atoms with Gasteiger partial charge in [0.15, 0.2) is 0 Å². The lowest BCUT2D eigenvalue weighted by atomic mass is 10.00. The van der Waals surface area contributed by atoms with E-state index in [9.17, 15) is 4.79 Å². The molecule has 0 bridgehead atoms. The largest absolute Gasteiger partial charge is 0.339 e. The third-order valence-corrected chi connectivity index (χ3v) is 5.23. The number of amides is 1. The van der Waals surface area contributed by atoms with Gasteiger partial charge in [-0.15, -0.1) is 0 Å². The van der Waals surface area contributed by atoms with Crippen molar-refractivity contribution in [2.24, 2.45) is 5.92 Å². The highest BCUT2D eigenvalue weighted by Crippen LogP contribution is 2.29. The van der Waals surface area contributed by atoms with Crippen molar-refractivity contribution in [2.45, 2.75) is 51.1 Å². The van der Waals surface area contributed by atoms with Gasteiger partial charge in [-0.2, -0.15) is 0 Å². The molecule has 1 amide bonds. The van der Waals surface area contributed by atoms with Gasteiger partial charge in [0, 0.05) is 44.5 Å². The lowest BCUT2D eigenvalue weighted by molar-refractivity contribution is -0.138. The molecular weight excluding hydrogens is 274 g/mol. The number of pyridine rings is 1. The number of hydrogen-bond donors (Lipinski definition) is 0. The van der Waals surface area contributed by atoms with Gasteiger partial charge in [0.1, 0.15) is 0 Å². The molecular formula is C18H27N3O. The molecule has 0 atom stereocenters. The molecule has 0 radical (unpaired) electrons. The van der Waals surface area contributed by atoms with E-state index in [2.05, 4.69) is 23.0 Å². The topological polar surface area (TPSA) is 36.4 Å². The van der Waals surface area contributed by atoms with E-state index in [1.54, 1.807) is 6.20 Å². The fourth-order valence-corrected chi connectivity index (χ4v) is 3.63. The molecule has 0 spiro atoms. The molecule has 0 unspecified atom stereocenters. The molecule has 0 aromatic carbocycles. The summed E-state index contributed by atoms with van der Waals surface area (Å²) in [5, 5.41) is 0. The Bertz CT molecular complexity index is 478. The number of hydrogen-bond acceptors (Lipinski definition) is 3. The highest BCUT2D eigenvalue weighted by atomic mass is 16.2. The fraction of sp³-hybridized carbons (Fsp3) is 0.667. The average molecular weight is 301 g/mol. The van der Waals surface area contributed by atoms with Crippen LogP contribution in [0.25, 0.3) is 0 Å². The van der Waals surface area contributed by atoms with E-state index in [0.29, 0.717) is 11.9 Å². The van der Waals surface area contributed by atoms with Crippen molar-refractivity contribution in [1.82, 2.24) is 14.8 Å².